The highest BCUT2D eigenvalue weighted by Gasteiger charge is 2.35. The number of fused-ring (bicyclic) bond motifs is 1. The van der Waals surface area contributed by atoms with Crippen LogP contribution in [0.5, 0.6) is 5.75 Å². The Balaban J connectivity index is 1.48. The molecule has 0 N–H and O–H groups in total. The molecule has 176 valence electrons. The van der Waals surface area contributed by atoms with Crippen molar-refractivity contribution in [2.45, 2.75) is 29.3 Å². The Labute approximate surface area is 187 Å². The first kappa shape index (κ1) is 23.1. The van der Waals surface area contributed by atoms with Gasteiger partial charge in [-0.25, -0.2) is 12.8 Å². The van der Waals surface area contributed by atoms with E-state index in [9.17, 15) is 30.8 Å². The average Bonchev–Trinajstić information content (AvgIpc) is 3.08. The summed E-state index contributed by atoms with van der Waals surface area (Å²) in [6.07, 6.45) is -4.66. The molecule has 1 aromatic heterocycles. The third-order valence-corrected chi connectivity index (χ3v) is 8.02. The van der Waals surface area contributed by atoms with Crippen LogP contribution in [0.3, 0.4) is 0 Å². The van der Waals surface area contributed by atoms with Crippen LogP contribution in [0.2, 0.25) is 0 Å². The number of amides is 1. The molecular formula is C22H20F4N2O4S. The fourth-order valence-electron chi connectivity index (χ4n) is 4.10. The van der Waals surface area contributed by atoms with Crippen molar-refractivity contribution < 1.29 is 35.5 Å². The minimum atomic E-state index is -4.93. The van der Waals surface area contributed by atoms with Gasteiger partial charge in [0.25, 0.3) is 5.91 Å². The van der Waals surface area contributed by atoms with Crippen LogP contribution in [0.25, 0.3) is 10.9 Å². The fraction of sp³-hybridized carbons (Fsp3) is 0.318. The van der Waals surface area contributed by atoms with Gasteiger partial charge in [-0.3, -0.25) is 4.79 Å². The topological polar surface area (TPSA) is 68.6 Å². The van der Waals surface area contributed by atoms with Gasteiger partial charge in [-0.15, -0.1) is 13.2 Å². The van der Waals surface area contributed by atoms with Crippen LogP contribution in [0.15, 0.2) is 53.4 Å². The Hall–Kier alpha value is -3.08. The van der Waals surface area contributed by atoms with Gasteiger partial charge in [-0.1, -0.05) is 6.07 Å². The molecule has 6 nitrogen and oxygen atoms in total. The van der Waals surface area contributed by atoms with Crippen LogP contribution in [-0.2, 0) is 16.9 Å². The summed E-state index contributed by atoms with van der Waals surface area (Å²) in [5.41, 5.74) is 1.05. The number of ether oxygens (including phenoxy) is 1. The minimum absolute atomic E-state index is 0.136. The molecule has 1 saturated heterocycles. The quantitative estimate of drug-likeness (QED) is 0.518. The van der Waals surface area contributed by atoms with Gasteiger partial charge in [0.15, 0.2) is 9.84 Å². The number of piperidine rings is 1. The van der Waals surface area contributed by atoms with Crippen LogP contribution >= 0.6 is 0 Å². The maximum atomic E-state index is 13.5. The zero-order chi connectivity index (χ0) is 24.0. The van der Waals surface area contributed by atoms with Crippen molar-refractivity contribution in [1.29, 1.82) is 0 Å². The first-order chi connectivity index (χ1) is 15.5. The van der Waals surface area contributed by atoms with E-state index in [2.05, 4.69) is 4.74 Å². The van der Waals surface area contributed by atoms with E-state index in [0.29, 0.717) is 16.6 Å². The number of aryl methyl sites for hydroxylation is 1. The van der Waals surface area contributed by atoms with Gasteiger partial charge in [-0.05, 0) is 55.3 Å². The first-order valence-electron chi connectivity index (χ1n) is 10.1. The highest BCUT2D eigenvalue weighted by molar-refractivity contribution is 7.92. The number of halogens is 4. The number of hydrogen-bond acceptors (Lipinski definition) is 4. The molecule has 1 fully saturated rings. The van der Waals surface area contributed by atoms with Crippen molar-refractivity contribution in [3.05, 3.63) is 60.0 Å². The number of hydrogen-bond donors (Lipinski definition) is 0. The molecule has 0 radical (unpaired) electrons. The van der Waals surface area contributed by atoms with E-state index in [4.69, 9.17) is 0 Å². The number of sulfone groups is 1. The number of benzene rings is 2. The predicted molar refractivity (Wildman–Crippen MR) is 112 cm³/mol. The monoisotopic (exact) mass is 484 g/mol. The molecule has 1 amide bonds. The van der Waals surface area contributed by atoms with Crippen molar-refractivity contribution in [2.24, 2.45) is 7.05 Å². The lowest BCUT2D eigenvalue weighted by molar-refractivity contribution is -0.274. The summed E-state index contributed by atoms with van der Waals surface area (Å²) in [4.78, 5) is 14.3. The second-order valence-electron chi connectivity index (χ2n) is 7.85. The lowest BCUT2D eigenvalue weighted by atomic mass is 10.1. The van der Waals surface area contributed by atoms with E-state index in [1.54, 1.807) is 23.7 Å². The maximum absolute atomic E-state index is 13.5. The Bertz CT molecular complexity index is 1310. The fourth-order valence-corrected chi connectivity index (χ4v) is 5.86. The van der Waals surface area contributed by atoms with Crippen molar-refractivity contribution in [1.82, 2.24) is 9.47 Å². The normalized spacial score (nSPS) is 15.7. The number of carbonyl (C=O) groups is 1. The molecule has 1 aliphatic heterocycles. The van der Waals surface area contributed by atoms with E-state index < -0.39 is 33.0 Å². The van der Waals surface area contributed by atoms with Crippen molar-refractivity contribution in [2.75, 3.05) is 13.1 Å². The van der Waals surface area contributed by atoms with Crippen LogP contribution in [0.1, 0.15) is 23.3 Å². The van der Waals surface area contributed by atoms with Crippen molar-refractivity contribution in [3.63, 3.8) is 0 Å². The predicted octanol–water partition coefficient (Wildman–Crippen LogP) is 4.29. The molecule has 1 aliphatic rings. The van der Waals surface area contributed by atoms with Crippen LogP contribution in [-0.4, -0.2) is 48.5 Å². The number of likely N-dealkylation sites (tertiary alicyclic amines) is 1. The highest BCUT2D eigenvalue weighted by Crippen LogP contribution is 2.30. The molecule has 3 aromatic rings. The number of alkyl halides is 3. The average molecular weight is 484 g/mol. The molecule has 0 atom stereocenters. The molecule has 0 bridgehead atoms. The Morgan fingerprint density at radius 2 is 1.76 bits per heavy atom. The smallest absolute Gasteiger partial charge is 0.406 e. The summed E-state index contributed by atoms with van der Waals surface area (Å²) in [5, 5.41) is -0.261. The third kappa shape index (κ3) is 4.68. The molecule has 0 saturated carbocycles. The van der Waals surface area contributed by atoms with E-state index >= 15 is 0 Å². The molecule has 11 heteroatoms. The summed E-state index contributed by atoms with van der Waals surface area (Å²) < 4.78 is 82.3. The standard InChI is InChI=1S/C22H20F4N2O4S/c1-27-19-6-5-15(23)11-14(19)12-20(27)21(29)28-9-7-17(8-10-28)33(30,31)18-4-2-3-16(13-18)32-22(24,25)26/h2-6,11-13,17H,7-10H2,1H3. The molecule has 2 heterocycles. The summed E-state index contributed by atoms with van der Waals surface area (Å²) in [6.45, 7) is 0.328. The van der Waals surface area contributed by atoms with Gasteiger partial charge in [0.2, 0.25) is 0 Å². The van der Waals surface area contributed by atoms with Gasteiger partial charge in [0.1, 0.15) is 17.3 Å². The lowest BCUT2D eigenvalue weighted by Gasteiger charge is -2.32. The summed E-state index contributed by atoms with van der Waals surface area (Å²) in [5.74, 6) is -1.32. The molecular weight excluding hydrogens is 464 g/mol. The van der Waals surface area contributed by atoms with E-state index in [0.717, 1.165) is 12.1 Å². The largest absolute Gasteiger partial charge is 0.573 e. The first-order valence-corrected chi connectivity index (χ1v) is 11.6. The van der Waals surface area contributed by atoms with Gasteiger partial charge in [-0.2, -0.15) is 0 Å². The SMILES string of the molecule is Cn1c(C(=O)N2CCC(S(=O)(=O)c3cccc(OC(F)(F)F)c3)CC2)cc2cc(F)ccc21. The molecule has 0 spiro atoms. The Morgan fingerprint density at radius 1 is 1.06 bits per heavy atom. The number of rotatable bonds is 4. The third-order valence-electron chi connectivity index (χ3n) is 5.76. The lowest BCUT2D eigenvalue weighted by Crippen LogP contribution is -2.43. The Kier molecular flexibility index (Phi) is 5.85. The second kappa shape index (κ2) is 8.36. The summed E-state index contributed by atoms with van der Waals surface area (Å²) in [6, 6.07) is 10.1. The highest BCUT2D eigenvalue weighted by atomic mass is 32.2. The van der Waals surface area contributed by atoms with Crippen molar-refractivity contribution >= 4 is 26.6 Å². The van der Waals surface area contributed by atoms with Crippen LogP contribution in [0, 0.1) is 5.82 Å². The van der Waals surface area contributed by atoms with Crippen molar-refractivity contribution in [3.8, 4) is 5.75 Å². The summed E-state index contributed by atoms with van der Waals surface area (Å²) >= 11 is 0. The molecule has 0 unspecified atom stereocenters. The van der Waals surface area contributed by atoms with Gasteiger partial charge in [0, 0.05) is 31.0 Å². The van der Waals surface area contributed by atoms with Gasteiger partial charge in [0.05, 0.1) is 10.1 Å². The molecule has 4 rings (SSSR count). The van der Waals surface area contributed by atoms with E-state index in [1.807, 2.05) is 0 Å². The number of nitrogens with zero attached hydrogens (tertiary/aromatic N) is 2. The van der Waals surface area contributed by atoms with Gasteiger partial charge >= 0.3 is 6.36 Å². The zero-order valence-electron chi connectivity index (χ0n) is 17.5. The maximum Gasteiger partial charge on any atom is 0.573 e. The zero-order valence-corrected chi connectivity index (χ0v) is 18.3. The number of aromatic nitrogens is 1. The van der Waals surface area contributed by atoms with Crippen LogP contribution < -0.4 is 4.74 Å². The Morgan fingerprint density at radius 3 is 2.42 bits per heavy atom. The summed E-state index contributed by atoms with van der Waals surface area (Å²) in [7, 11) is -2.22. The van der Waals surface area contributed by atoms with Crippen LogP contribution in [0.4, 0.5) is 17.6 Å². The molecule has 2 aromatic carbocycles. The molecule has 33 heavy (non-hydrogen) atoms. The number of carbonyl (C=O) groups excluding carboxylic acids is 1. The van der Waals surface area contributed by atoms with E-state index in [-0.39, 0.29) is 36.7 Å². The van der Waals surface area contributed by atoms with E-state index in [1.165, 1.54) is 29.2 Å². The van der Waals surface area contributed by atoms with Gasteiger partial charge < -0.3 is 14.2 Å². The second-order valence-corrected chi connectivity index (χ2v) is 10.1. The minimum Gasteiger partial charge on any atom is -0.406 e. The molecule has 0 aliphatic carbocycles.